The van der Waals surface area contributed by atoms with Crippen LogP contribution in [-0.4, -0.2) is 82.9 Å². The van der Waals surface area contributed by atoms with Crippen molar-refractivity contribution in [3.05, 3.63) is 69.6 Å². The Morgan fingerprint density at radius 2 is 1.85 bits per heavy atom. The van der Waals surface area contributed by atoms with Gasteiger partial charge in [-0.15, -0.1) is 0 Å². The van der Waals surface area contributed by atoms with Crippen LogP contribution in [0.25, 0.3) is 5.70 Å². The molecular weight excluding hydrogens is 528 g/mol. The Labute approximate surface area is 239 Å². The van der Waals surface area contributed by atoms with Gasteiger partial charge in [-0.25, -0.2) is 0 Å². The average Bonchev–Trinajstić information content (AvgIpc) is 3.44. The van der Waals surface area contributed by atoms with E-state index in [-0.39, 0.29) is 29.8 Å². The first-order valence-corrected chi connectivity index (χ1v) is 14.6. The number of piperidine rings is 1. The molecule has 0 aliphatic carbocycles. The van der Waals surface area contributed by atoms with Crippen LogP contribution >= 0.6 is 11.8 Å². The van der Waals surface area contributed by atoms with Crippen molar-refractivity contribution < 1.29 is 24.2 Å². The Balaban J connectivity index is 1.22. The SMILES string of the molecule is Cc1ccc(OCc2ccc(C(=O)N3CCN(C)C(=O)C3)cc2C)c(C2=CSC(N3CCC(C(=O)O)CC3)N2)c1. The highest BCUT2D eigenvalue weighted by Crippen LogP contribution is 2.36. The van der Waals surface area contributed by atoms with E-state index >= 15 is 0 Å². The molecule has 40 heavy (non-hydrogen) atoms. The van der Waals surface area contributed by atoms with Crippen LogP contribution in [0.4, 0.5) is 0 Å². The lowest BCUT2D eigenvalue weighted by molar-refractivity contribution is -0.143. The Kier molecular flexibility index (Phi) is 8.37. The number of benzene rings is 2. The van der Waals surface area contributed by atoms with Gasteiger partial charge < -0.3 is 25.0 Å². The second-order valence-corrected chi connectivity index (χ2v) is 11.7. The number of thioether (sulfide) groups is 1. The second kappa shape index (κ2) is 11.9. The maximum atomic E-state index is 13.0. The van der Waals surface area contributed by atoms with Crippen LogP contribution in [0.15, 0.2) is 41.8 Å². The van der Waals surface area contributed by atoms with Crippen molar-refractivity contribution in [3.8, 4) is 5.75 Å². The number of rotatable bonds is 7. The summed E-state index contributed by atoms with van der Waals surface area (Å²) in [6.45, 7) is 7.07. The molecule has 0 aromatic heterocycles. The number of ether oxygens (including phenoxy) is 1. The monoisotopic (exact) mass is 564 g/mol. The van der Waals surface area contributed by atoms with Gasteiger partial charge in [0.15, 0.2) is 0 Å². The highest BCUT2D eigenvalue weighted by atomic mass is 32.2. The third-order valence-corrected chi connectivity index (χ3v) is 8.99. The first kappa shape index (κ1) is 28.0. The maximum Gasteiger partial charge on any atom is 0.306 e. The number of piperazine rings is 1. The van der Waals surface area contributed by atoms with Crippen molar-refractivity contribution in [2.24, 2.45) is 5.92 Å². The minimum Gasteiger partial charge on any atom is -0.488 e. The standard InChI is InChI=1S/C30H36N4O5S/c1-19-4-7-26(24(14-19)25-18-40-30(31-25)33-10-8-21(9-11-33)29(37)38)39-17-23-6-5-22(15-20(23)2)28(36)34-13-12-32(3)27(35)16-34/h4-7,14-15,18,21,30-31H,8-13,16-17H2,1-3H3,(H,37,38). The molecule has 9 nitrogen and oxygen atoms in total. The summed E-state index contributed by atoms with van der Waals surface area (Å²) in [5, 5.41) is 15.0. The van der Waals surface area contributed by atoms with E-state index in [1.807, 2.05) is 37.3 Å². The Bertz CT molecular complexity index is 1340. The molecule has 2 aromatic rings. The number of carboxylic acid groups (broad SMARTS) is 1. The summed E-state index contributed by atoms with van der Waals surface area (Å²) in [6, 6.07) is 11.7. The number of carbonyl (C=O) groups is 3. The van der Waals surface area contributed by atoms with Crippen LogP contribution in [0, 0.1) is 19.8 Å². The molecule has 2 aromatic carbocycles. The van der Waals surface area contributed by atoms with Gasteiger partial charge in [-0.3, -0.25) is 19.3 Å². The minimum absolute atomic E-state index is 0.0467. The van der Waals surface area contributed by atoms with E-state index in [9.17, 15) is 19.5 Å². The van der Waals surface area contributed by atoms with Gasteiger partial charge in [0.1, 0.15) is 24.4 Å². The van der Waals surface area contributed by atoms with E-state index in [4.69, 9.17) is 4.74 Å². The lowest BCUT2D eigenvalue weighted by atomic mass is 9.97. The number of hydrogen-bond donors (Lipinski definition) is 2. The summed E-state index contributed by atoms with van der Waals surface area (Å²) in [7, 11) is 1.76. The van der Waals surface area contributed by atoms with Crippen molar-refractivity contribution in [2.45, 2.75) is 38.8 Å². The number of hydrogen-bond acceptors (Lipinski definition) is 7. The van der Waals surface area contributed by atoms with Crippen molar-refractivity contribution in [1.29, 1.82) is 0 Å². The Morgan fingerprint density at radius 1 is 1.07 bits per heavy atom. The number of aryl methyl sites for hydroxylation is 2. The van der Waals surface area contributed by atoms with Crippen molar-refractivity contribution >= 4 is 35.2 Å². The molecule has 0 bridgehead atoms. The molecular formula is C30H36N4O5S. The van der Waals surface area contributed by atoms with E-state index in [1.54, 1.807) is 28.6 Å². The van der Waals surface area contributed by atoms with E-state index in [0.29, 0.717) is 38.1 Å². The molecule has 5 rings (SSSR count). The van der Waals surface area contributed by atoms with E-state index in [0.717, 1.165) is 46.8 Å². The fourth-order valence-electron chi connectivity index (χ4n) is 5.27. The predicted octanol–water partition coefficient (Wildman–Crippen LogP) is 3.51. The fourth-order valence-corrected chi connectivity index (χ4v) is 6.31. The summed E-state index contributed by atoms with van der Waals surface area (Å²) < 4.78 is 6.32. The summed E-state index contributed by atoms with van der Waals surface area (Å²) in [5.74, 6) is -0.356. The topological polar surface area (TPSA) is 102 Å². The molecule has 10 heteroatoms. The summed E-state index contributed by atoms with van der Waals surface area (Å²) in [6.07, 6.45) is 1.33. The van der Waals surface area contributed by atoms with Gasteiger partial charge in [0.25, 0.3) is 5.91 Å². The van der Waals surface area contributed by atoms with E-state index in [2.05, 4.69) is 28.6 Å². The van der Waals surface area contributed by atoms with Crippen LogP contribution < -0.4 is 10.1 Å². The first-order chi connectivity index (χ1) is 19.2. The lowest BCUT2D eigenvalue weighted by Crippen LogP contribution is -2.50. The summed E-state index contributed by atoms with van der Waals surface area (Å²) >= 11 is 1.70. The zero-order chi connectivity index (χ0) is 28.4. The number of likely N-dealkylation sites (N-methyl/N-ethyl adjacent to an activating group) is 1. The van der Waals surface area contributed by atoms with Crippen molar-refractivity contribution in [3.63, 3.8) is 0 Å². The first-order valence-electron chi connectivity index (χ1n) is 13.6. The third kappa shape index (κ3) is 6.13. The van der Waals surface area contributed by atoms with Crippen LogP contribution in [0.5, 0.6) is 5.75 Å². The molecule has 2 saturated heterocycles. The van der Waals surface area contributed by atoms with Gasteiger partial charge in [0.05, 0.1) is 11.6 Å². The average molecular weight is 565 g/mol. The van der Waals surface area contributed by atoms with Gasteiger partial charge in [-0.1, -0.05) is 29.5 Å². The van der Waals surface area contributed by atoms with Gasteiger partial charge in [0, 0.05) is 44.4 Å². The number of nitrogens with one attached hydrogen (secondary N) is 1. The molecule has 0 radical (unpaired) electrons. The summed E-state index contributed by atoms with van der Waals surface area (Å²) in [4.78, 5) is 41.9. The largest absolute Gasteiger partial charge is 0.488 e. The number of carboxylic acids is 1. The van der Waals surface area contributed by atoms with Gasteiger partial charge >= 0.3 is 5.97 Å². The molecule has 3 heterocycles. The second-order valence-electron chi connectivity index (χ2n) is 10.8. The quantitative estimate of drug-likeness (QED) is 0.527. The van der Waals surface area contributed by atoms with E-state index < -0.39 is 5.97 Å². The number of nitrogens with zero attached hydrogens (tertiary/aromatic N) is 3. The summed E-state index contributed by atoms with van der Waals surface area (Å²) in [5.41, 5.74) is 5.69. The molecule has 1 atom stereocenters. The molecule has 2 amide bonds. The van der Waals surface area contributed by atoms with E-state index in [1.165, 1.54) is 0 Å². The highest BCUT2D eigenvalue weighted by Gasteiger charge is 2.31. The minimum atomic E-state index is -0.699. The van der Waals surface area contributed by atoms with Crippen molar-refractivity contribution in [2.75, 3.05) is 39.8 Å². The molecule has 0 saturated carbocycles. The van der Waals surface area contributed by atoms with Crippen LogP contribution in [0.3, 0.4) is 0 Å². The molecule has 0 spiro atoms. The maximum absolute atomic E-state index is 13.0. The molecule has 2 fully saturated rings. The van der Waals surface area contributed by atoms with Gasteiger partial charge in [-0.05, 0) is 67.5 Å². The molecule has 1 unspecified atom stereocenters. The number of carbonyl (C=O) groups excluding carboxylic acids is 2. The van der Waals surface area contributed by atoms with Crippen LogP contribution in [0.2, 0.25) is 0 Å². The molecule has 2 N–H and O–H groups in total. The smallest absolute Gasteiger partial charge is 0.306 e. The third-order valence-electron chi connectivity index (χ3n) is 7.95. The highest BCUT2D eigenvalue weighted by molar-refractivity contribution is 8.03. The van der Waals surface area contributed by atoms with Crippen LogP contribution in [0.1, 0.15) is 45.5 Å². The Hall–Kier alpha value is -3.50. The lowest BCUT2D eigenvalue weighted by Gasteiger charge is -2.34. The van der Waals surface area contributed by atoms with Gasteiger partial charge in [0.2, 0.25) is 5.91 Å². The number of likely N-dealkylation sites (tertiary alicyclic amines) is 1. The fraction of sp³-hybridized carbons (Fsp3) is 0.433. The van der Waals surface area contributed by atoms with Crippen LogP contribution in [-0.2, 0) is 16.2 Å². The molecule has 3 aliphatic rings. The number of amides is 2. The normalized spacial score (nSPS) is 20.3. The van der Waals surface area contributed by atoms with Crippen molar-refractivity contribution in [1.82, 2.24) is 20.0 Å². The van der Waals surface area contributed by atoms with Gasteiger partial charge in [-0.2, -0.15) is 0 Å². The predicted molar refractivity (Wildman–Crippen MR) is 155 cm³/mol. The number of aliphatic carboxylic acids is 1. The molecule has 212 valence electrons. The molecule has 3 aliphatic heterocycles. The Morgan fingerprint density at radius 3 is 2.55 bits per heavy atom. The zero-order valence-electron chi connectivity index (χ0n) is 23.2. The zero-order valence-corrected chi connectivity index (χ0v) is 24.0.